The van der Waals surface area contributed by atoms with Crippen molar-refractivity contribution in [2.24, 2.45) is 0 Å². The molecule has 1 fully saturated rings. The Morgan fingerprint density at radius 3 is 2.48 bits per heavy atom. The molecule has 1 amide bonds. The highest BCUT2D eigenvalue weighted by Crippen LogP contribution is 2.27. The number of halogens is 3. The van der Waals surface area contributed by atoms with Gasteiger partial charge in [0, 0.05) is 13.5 Å². The second-order valence-electron chi connectivity index (χ2n) is 5.25. The molecule has 0 radical (unpaired) electrons. The van der Waals surface area contributed by atoms with Crippen LogP contribution in [0.1, 0.15) is 16.8 Å². The van der Waals surface area contributed by atoms with Gasteiger partial charge in [0.05, 0.1) is 11.6 Å². The molecule has 3 atom stereocenters. The van der Waals surface area contributed by atoms with Crippen LogP contribution in [0.2, 0.25) is 0 Å². The first kappa shape index (κ1) is 18.8. The van der Waals surface area contributed by atoms with E-state index in [0.717, 1.165) is 0 Å². The zero-order valence-corrected chi connectivity index (χ0v) is 13.2. The van der Waals surface area contributed by atoms with Crippen molar-refractivity contribution in [3.05, 3.63) is 48.2 Å². The summed E-state index contributed by atoms with van der Waals surface area (Å²) in [5, 5.41) is 1.80. The van der Waals surface area contributed by atoms with Crippen LogP contribution in [-0.2, 0) is 19.0 Å². The first-order chi connectivity index (χ1) is 11.7. The fraction of sp³-hybridized carbons (Fsp3) is 0.375. The zero-order valence-electron chi connectivity index (χ0n) is 13.2. The quantitative estimate of drug-likeness (QED) is 0.834. The number of hydrogen-bond donors (Lipinski definition) is 1. The number of amides is 1. The molecule has 0 spiro atoms. The zero-order chi connectivity index (χ0) is 18.6. The molecule has 1 heterocycles. The Morgan fingerprint density at radius 1 is 1.28 bits per heavy atom. The van der Waals surface area contributed by atoms with Gasteiger partial charge >= 0.3 is 18.1 Å². The van der Waals surface area contributed by atoms with Crippen molar-refractivity contribution in [3.63, 3.8) is 0 Å². The molecule has 0 unspecified atom stereocenters. The molecule has 1 aromatic rings. The van der Waals surface area contributed by atoms with E-state index in [1.807, 2.05) is 0 Å². The molecule has 0 saturated carbocycles. The van der Waals surface area contributed by atoms with Crippen molar-refractivity contribution >= 4 is 11.9 Å². The highest BCUT2D eigenvalue weighted by atomic mass is 19.4. The Hall–Kier alpha value is -2.55. The topological polar surface area (TPSA) is 73.9 Å². The van der Waals surface area contributed by atoms with Gasteiger partial charge in [0.2, 0.25) is 6.29 Å². The highest BCUT2D eigenvalue weighted by molar-refractivity contribution is 5.89. The predicted octanol–water partition coefficient (Wildman–Crippen LogP) is 2.17. The second-order valence-corrected chi connectivity index (χ2v) is 5.25. The van der Waals surface area contributed by atoms with Crippen molar-refractivity contribution in [2.45, 2.75) is 31.0 Å². The molecule has 0 aromatic heterocycles. The number of carbonyl (C=O) groups is 2. The maximum atomic E-state index is 12.5. The van der Waals surface area contributed by atoms with E-state index in [1.165, 1.54) is 19.2 Å². The van der Waals surface area contributed by atoms with Crippen molar-refractivity contribution in [2.75, 3.05) is 7.11 Å². The van der Waals surface area contributed by atoms with Crippen molar-refractivity contribution in [1.82, 2.24) is 5.32 Å². The van der Waals surface area contributed by atoms with E-state index in [-0.39, 0.29) is 17.7 Å². The summed E-state index contributed by atoms with van der Waals surface area (Å²) < 4.78 is 53.0. The normalized spacial score (nSPS) is 23.5. The fourth-order valence-corrected chi connectivity index (χ4v) is 2.27. The highest BCUT2D eigenvalue weighted by Gasteiger charge is 2.45. The van der Waals surface area contributed by atoms with E-state index in [1.54, 1.807) is 23.5 Å². The molecule has 0 aliphatic carbocycles. The number of ether oxygens (including phenoxy) is 3. The molecule has 1 saturated heterocycles. The minimum absolute atomic E-state index is 0.116. The standard InChI is InChI=1S/C16H16F3NO5/c1-9-13(25-14(21)10-6-4-3-5-7-10)11(8-12(23-2)24-9)20-15(22)16(17,18)19/h3-7,11-13H,1,8H2,2H3,(H,20,22)/t11-,12-,13+/m0/s1. The van der Waals surface area contributed by atoms with Crippen molar-refractivity contribution in [3.8, 4) is 0 Å². The Balaban J connectivity index is 2.17. The number of rotatable bonds is 4. The van der Waals surface area contributed by atoms with Gasteiger partial charge < -0.3 is 19.5 Å². The third-order valence-electron chi connectivity index (χ3n) is 3.49. The van der Waals surface area contributed by atoms with Gasteiger partial charge in [-0.05, 0) is 12.1 Å². The molecule has 2 rings (SSSR count). The molecule has 1 aromatic carbocycles. The van der Waals surface area contributed by atoms with Gasteiger partial charge in [0.1, 0.15) is 5.76 Å². The smallest absolute Gasteiger partial charge is 0.466 e. The van der Waals surface area contributed by atoms with Gasteiger partial charge in [0.15, 0.2) is 6.10 Å². The second kappa shape index (κ2) is 7.56. The lowest BCUT2D eigenvalue weighted by atomic mass is 10.0. The van der Waals surface area contributed by atoms with Crippen LogP contribution in [0.25, 0.3) is 0 Å². The lowest BCUT2D eigenvalue weighted by Crippen LogP contribution is -2.54. The Labute approximate surface area is 141 Å². The lowest BCUT2D eigenvalue weighted by molar-refractivity contribution is -0.180. The molecule has 9 heteroatoms. The van der Waals surface area contributed by atoms with Crippen LogP contribution in [0.5, 0.6) is 0 Å². The molecule has 1 aliphatic rings. The average Bonchev–Trinajstić information content (AvgIpc) is 2.57. The van der Waals surface area contributed by atoms with Crippen LogP contribution in [-0.4, -0.2) is 43.6 Å². The van der Waals surface area contributed by atoms with E-state index >= 15 is 0 Å². The Bertz CT molecular complexity index is 647. The van der Waals surface area contributed by atoms with Crippen LogP contribution < -0.4 is 5.32 Å². The SMILES string of the molecule is C=C1O[C@H](OC)C[C@H](NC(=O)C(F)(F)F)[C@@H]1OC(=O)c1ccccc1. The lowest BCUT2D eigenvalue weighted by Gasteiger charge is -2.37. The van der Waals surface area contributed by atoms with Gasteiger partial charge in [-0.3, -0.25) is 4.79 Å². The van der Waals surface area contributed by atoms with Gasteiger partial charge in [-0.2, -0.15) is 13.2 Å². The summed E-state index contributed by atoms with van der Waals surface area (Å²) in [5.41, 5.74) is 0.199. The van der Waals surface area contributed by atoms with Gasteiger partial charge in [0.25, 0.3) is 0 Å². The summed E-state index contributed by atoms with van der Waals surface area (Å²) in [7, 11) is 1.29. The number of hydrogen-bond acceptors (Lipinski definition) is 5. The first-order valence-corrected chi connectivity index (χ1v) is 7.24. The largest absolute Gasteiger partial charge is 0.471 e. The van der Waals surface area contributed by atoms with Crippen LogP contribution in [0.3, 0.4) is 0 Å². The van der Waals surface area contributed by atoms with E-state index in [2.05, 4.69) is 6.58 Å². The summed E-state index contributed by atoms with van der Waals surface area (Å²) in [6.45, 7) is 3.55. The summed E-state index contributed by atoms with van der Waals surface area (Å²) in [6.07, 6.45) is -7.43. The predicted molar refractivity (Wildman–Crippen MR) is 79.3 cm³/mol. The summed E-state index contributed by atoms with van der Waals surface area (Å²) in [6, 6.07) is 6.66. The number of carbonyl (C=O) groups excluding carboxylic acids is 2. The van der Waals surface area contributed by atoms with Crippen molar-refractivity contribution < 1.29 is 37.0 Å². The van der Waals surface area contributed by atoms with Crippen LogP contribution in [0.15, 0.2) is 42.7 Å². The molecule has 6 nitrogen and oxygen atoms in total. The maximum Gasteiger partial charge on any atom is 0.471 e. The van der Waals surface area contributed by atoms with E-state index in [4.69, 9.17) is 14.2 Å². The Kier molecular flexibility index (Phi) is 5.68. The first-order valence-electron chi connectivity index (χ1n) is 7.24. The van der Waals surface area contributed by atoms with Gasteiger partial charge in [-0.1, -0.05) is 24.8 Å². The van der Waals surface area contributed by atoms with E-state index in [0.29, 0.717) is 0 Å². The van der Waals surface area contributed by atoms with Crippen LogP contribution in [0.4, 0.5) is 13.2 Å². The van der Waals surface area contributed by atoms with Gasteiger partial charge in [-0.15, -0.1) is 0 Å². The molecule has 0 bridgehead atoms. The molecule has 1 N–H and O–H groups in total. The minimum Gasteiger partial charge on any atom is -0.466 e. The molecular weight excluding hydrogens is 343 g/mol. The number of benzene rings is 1. The third-order valence-corrected chi connectivity index (χ3v) is 3.49. The average molecular weight is 359 g/mol. The number of alkyl halides is 3. The molecule has 25 heavy (non-hydrogen) atoms. The third kappa shape index (κ3) is 4.72. The van der Waals surface area contributed by atoms with Crippen molar-refractivity contribution in [1.29, 1.82) is 0 Å². The summed E-state index contributed by atoms with van der Waals surface area (Å²) in [4.78, 5) is 23.4. The Morgan fingerprint density at radius 2 is 1.92 bits per heavy atom. The summed E-state index contributed by atoms with van der Waals surface area (Å²) in [5.74, 6) is -3.05. The van der Waals surface area contributed by atoms with E-state index in [9.17, 15) is 22.8 Å². The number of esters is 1. The maximum absolute atomic E-state index is 12.5. The number of methoxy groups -OCH3 is 1. The number of nitrogens with one attached hydrogen (secondary N) is 1. The summed E-state index contributed by atoms with van der Waals surface area (Å²) >= 11 is 0. The molecule has 136 valence electrons. The van der Waals surface area contributed by atoms with E-state index < -0.39 is 36.5 Å². The van der Waals surface area contributed by atoms with Crippen LogP contribution in [0, 0.1) is 0 Å². The van der Waals surface area contributed by atoms with Gasteiger partial charge in [-0.25, -0.2) is 4.79 Å². The van der Waals surface area contributed by atoms with Crippen LogP contribution >= 0.6 is 0 Å². The fourth-order valence-electron chi connectivity index (χ4n) is 2.27. The molecular formula is C16H16F3NO5. The monoisotopic (exact) mass is 359 g/mol. The molecule has 1 aliphatic heterocycles. The minimum atomic E-state index is -5.07.